The summed E-state index contributed by atoms with van der Waals surface area (Å²) in [5.74, 6) is -0.598. The van der Waals surface area contributed by atoms with Crippen LogP contribution >= 0.6 is 11.6 Å². The standard InChI is InChI=1S/C22H31ClFN3O3/c1-16(28)26-9-3-4-19(15-26)27(18-7-12-30-13-8-18)11-10-25(2)22(29)17-5-6-21(24)20(23)14-17/h5-6,14,18-19H,3-4,7-13,15H2,1-2H3. The highest BCUT2D eigenvalue weighted by Crippen LogP contribution is 2.24. The summed E-state index contributed by atoms with van der Waals surface area (Å²) in [6.07, 6.45) is 3.96. The molecule has 0 N–H and O–H groups in total. The molecule has 1 aromatic rings. The number of carbonyl (C=O) groups excluding carboxylic acids is 2. The maximum atomic E-state index is 13.4. The normalized spacial score (nSPS) is 20.4. The highest BCUT2D eigenvalue weighted by atomic mass is 35.5. The molecule has 30 heavy (non-hydrogen) atoms. The highest BCUT2D eigenvalue weighted by molar-refractivity contribution is 6.31. The number of piperidine rings is 1. The van der Waals surface area contributed by atoms with Gasteiger partial charge in [0.05, 0.1) is 5.02 Å². The third-order valence-corrected chi connectivity index (χ3v) is 6.47. The summed E-state index contributed by atoms with van der Waals surface area (Å²) in [6, 6.07) is 4.73. The first-order valence-electron chi connectivity index (χ1n) is 10.7. The number of halogens is 2. The Labute approximate surface area is 182 Å². The van der Waals surface area contributed by atoms with Crippen LogP contribution in [0.2, 0.25) is 5.02 Å². The Bertz CT molecular complexity index is 757. The van der Waals surface area contributed by atoms with Crippen LogP contribution < -0.4 is 0 Å². The zero-order chi connectivity index (χ0) is 21.7. The molecule has 2 amide bonds. The van der Waals surface area contributed by atoms with Gasteiger partial charge in [-0.25, -0.2) is 4.39 Å². The fraction of sp³-hybridized carbons (Fsp3) is 0.636. The molecule has 2 saturated heterocycles. The minimum atomic E-state index is -0.533. The Hall–Kier alpha value is -1.70. The third-order valence-electron chi connectivity index (χ3n) is 6.18. The molecule has 2 aliphatic heterocycles. The topological polar surface area (TPSA) is 53.1 Å². The van der Waals surface area contributed by atoms with Crippen molar-refractivity contribution in [2.24, 2.45) is 0 Å². The summed E-state index contributed by atoms with van der Waals surface area (Å²) in [7, 11) is 1.75. The van der Waals surface area contributed by atoms with Crippen LogP contribution in [0, 0.1) is 5.82 Å². The first-order chi connectivity index (χ1) is 14.4. The fourth-order valence-corrected chi connectivity index (χ4v) is 4.59. The summed E-state index contributed by atoms with van der Waals surface area (Å²) in [4.78, 5) is 30.7. The van der Waals surface area contributed by atoms with Gasteiger partial charge in [0, 0.05) is 71.0 Å². The zero-order valence-corrected chi connectivity index (χ0v) is 18.5. The largest absolute Gasteiger partial charge is 0.381 e. The summed E-state index contributed by atoms with van der Waals surface area (Å²) in [5.41, 5.74) is 0.377. The molecule has 2 aliphatic rings. The fourth-order valence-electron chi connectivity index (χ4n) is 4.41. The van der Waals surface area contributed by atoms with E-state index in [4.69, 9.17) is 16.3 Å². The van der Waals surface area contributed by atoms with Crippen LogP contribution in [-0.4, -0.2) is 85.0 Å². The average Bonchev–Trinajstić information content (AvgIpc) is 2.76. The van der Waals surface area contributed by atoms with Gasteiger partial charge in [0.1, 0.15) is 5.82 Å². The second kappa shape index (κ2) is 10.6. The van der Waals surface area contributed by atoms with Crippen LogP contribution in [0.5, 0.6) is 0 Å². The number of hydrogen-bond donors (Lipinski definition) is 0. The number of benzene rings is 1. The molecule has 8 heteroatoms. The molecule has 0 bridgehead atoms. The highest BCUT2D eigenvalue weighted by Gasteiger charge is 2.32. The lowest BCUT2D eigenvalue weighted by molar-refractivity contribution is -0.131. The molecule has 1 unspecified atom stereocenters. The van der Waals surface area contributed by atoms with Crippen molar-refractivity contribution >= 4 is 23.4 Å². The van der Waals surface area contributed by atoms with Crippen molar-refractivity contribution in [2.45, 2.75) is 44.7 Å². The molecule has 2 fully saturated rings. The molecular weight excluding hydrogens is 409 g/mol. The molecule has 1 atom stereocenters. The minimum Gasteiger partial charge on any atom is -0.381 e. The van der Waals surface area contributed by atoms with Gasteiger partial charge in [-0.2, -0.15) is 0 Å². The van der Waals surface area contributed by atoms with Crippen LogP contribution in [0.4, 0.5) is 4.39 Å². The number of likely N-dealkylation sites (tertiary alicyclic amines) is 1. The SMILES string of the molecule is CC(=O)N1CCCC(N(CCN(C)C(=O)c2ccc(F)c(Cl)c2)C2CCOCC2)C1. The van der Waals surface area contributed by atoms with Crippen LogP contribution in [0.1, 0.15) is 43.0 Å². The van der Waals surface area contributed by atoms with Gasteiger partial charge in [-0.1, -0.05) is 11.6 Å². The van der Waals surface area contributed by atoms with Crippen LogP contribution in [0.25, 0.3) is 0 Å². The van der Waals surface area contributed by atoms with Gasteiger partial charge in [0.25, 0.3) is 5.91 Å². The van der Waals surface area contributed by atoms with Crippen LogP contribution in [0.15, 0.2) is 18.2 Å². The lowest BCUT2D eigenvalue weighted by Crippen LogP contribution is -2.55. The summed E-state index contributed by atoms with van der Waals surface area (Å²) >= 11 is 5.83. The molecule has 6 nitrogen and oxygen atoms in total. The smallest absolute Gasteiger partial charge is 0.253 e. The molecule has 3 rings (SSSR count). The van der Waals surface area contributed by atoms with Crippen LogP contribution in [-0.2, 0) is 9.53 Å². The minimum absolute atomic E-state index is 0.0513. The first-order valence-corrected chi connectivity index (χ1v) is 11.0. The van der Waals surface area contributed by atoms with E-state index in [1.807, 2.05) is 4.90 Å². The Kier molecular flexibility index (Phi) is 8.08. The maximum Gasteiger partial charge on any atom is 0.253 e. The first kappa shape index (κ1) is 23.0. The third kappa shape index (κ3) is 5.71. The van der Waals surface area contributed by atoms with Crippen molar-refractivity contribution < 1.29 is 18.7 Å². The molecule has 0 spiro atoms. The predicted molar refractivity (Wildman–Crippen MR) is 114 cm³/mol. The van der Waals surface area contributed by atoms with Crippen molar-refractivity contribution in [3.8, 4) is 0 Å². The molecular formula is C22H31ClFN3O3. The van der Waals surface area contributed by atoms with E-state index < -0.39 is 5.82 Å². The zero-order valence-electron chi connectivity index (χ0n) is 17.8. The molecule has 0 radical (unpaired) electrons. The van der Waals surface area contributed by atoms with E-state index in [-0.39, 0.29) is 22.9 Å². The van der Waals surface area contributed by atoms with E-state index in [1.54, 1.807) is 18.9 Å². The van der Waals surface area contributed by atoms with Gasteiger partial charge < -0.3 is 14.5 Å². The van der Waals surface area contributed by atoms with Gasteiger partial charge in [0.2, 0.25) is 5.91 Å². The number of hydrogen-bond acceptors (Lipinski definition) is 4. The quantitative estimate of drug-likeness (QED) is 0.683. The van der Waals surface area contributed by atoms with Crippen molar-refractivity contribution in [1.29, 1.82) is 0 Å². The number of ether oxygens (including phenoxy) is 1. The molecule has 0 saturated carbocycles. The molecule has 0 aromatic heterocycles. The Morgan fingerprint density at radius 2 is 1.93 bits per heavy atom. The monoisotopic (exact) mass is 439 g/mol. The van der Waals surface area contributed by atoms with E-state index in [0.717, 1.165) is 58.5 Å². The second-order valence-electron chi connectivity index (χ2n) is 8.20. The average molecular weight is 440 g/mol. The van der Waals surface area contributed by atoms with E-state index in [1.165, 1.54) is 18.2 Å². The van der Waals surface area contributed by atoms with E-state index >= 15 is 0 Å². The summed E-state index contributed by atoms with van der Waals surface area (Å²) in [5, 5.41) is -0.0513. The van der Waals surface area contributed by atoms with E-state index in [0.29, 0.717) is 18.2 Å². The van der Waals surface area contributed by atoms with Gasteiger partial charge in [-0.15, -0.1) is 0 Å². The van der Waals surface area contributed by atoms with Gasteiger partial charge in [-0.3, -0.25) is 14.5 Å². The second-order valence-corrected chi connectivity index (χ2v) is 8.61. The lowest BCUT2D eigenvalue weighted by atomic mass is 9.98. The number of carbonyl (C=O) groups is 2. The maximum absolute atomic E-state index is 13.4. The lowest BCUT2D eigenvalue weighted by Gasteiger charge is -2.44. The van der Waals surface area contributed by atoms with E-state index in [2.05, 4.69) is 4.90 Å². The number of nitrogens with zero attached hydrogens (tertiary/aromatic N) is 3. The Balaban J connectivity index is 1.67. The predicted octanol–water partition coefficient (Wildman–Crippen LogP) is 3.04. The Morgan fingerprint density at radius 1 is 1.20 bits per heavy atom. The molecule has 166 valence electrons. The number of rotatable bonds is 6. The number of amides is 2. The van der Waals surface area contributed by atoms with Gasteiger partial charge in [0.15, 0.2) is 0 Å². The van der Waals surface area contributed by atoms with Crippen LogP contribution in [0.3, 0.4) is 0 Å². The summed E-state index contributed by atoms with van der Waals surface area (Å²) in [6.45, 7) is 5.93. The molecule has 2 heterocycles. The van der Waals surface area contributed by atoms with Crippen molar-refractivity contribution in [1.82, 2.24) is 14.7 Å². The van der Waals surface area contributed by atoms with Gasteiger partial charge >= 0.3 is 0 Å². The van der Waals surface area contributed by atoms with E-state index in [9.17, 15) is 14.0 Å². The van der Waals surface area contributed by atoms with Crippen molar-refractivity contribution in [3.05, 3.63) is 34.6 Å². The van der Waals surface area contributed by atoms with Crippen molar-refractivity contribution in [2.75, 3.05) is 46.4 Å². The van der Waals surface area contributed by atoms with Gasteiger partial charge in [-0.05, 0) is 43.9 Å². The molecule has 0 aliphatic carbocycles. The summed E-state index contributed by atoms with van der Waals surface area (Å²) < 4.78 is 19.0. The number of likely N-dealkylation sites (N-methyl/N-ethyl adjacent to an activating group) is 1. The van der Waals surface area contributed by atoms with Crippen molar-refractivity contribution in [3.63, 3.8) is 0 Å². The Morgan fingerprint density at radius 3 is 2.60 bits per heavy atom. The molecule has 1 aromatic carbocycles.